The molecule has 104 valence electrons. The average molecular weight is 289 g/mol. The van der Waals surface area contributed by atoms with Gasteiger partial charge in [0.2, 0.25) is 0 Å². The van der Waals surface area contributed by atoms with E-state index in [2.05, 4.69) is 10.6 Å². The van der Waals surface area contributed by atoms with E-state index in [0.717, 1.165) is 16.8 Å². The Kier molecular flexibility index (Phi) is 4.64. The Bertz CT molecular complexity index is 626. The van der Waals surface area contributed by atoms with Crippen LogP contribution in [0.25, 0.3) is 0 Å². The van der Waals surface area contributed by atoms with Crippen molar-refractivity contribution in [3.05, 3.63) is 64.2 Å². The van der Waals surface area contributed by atoms with Crippen molar-refractivity contribution < 1.29 is 4.79 Å². The number of halogens is 1. The minimum absolute atomic E-state index is 0.139. The van der Waals surface area contributed by atoms with Gasteiger partial charge >= 0.3 is 0 Å². The minimum Gasteiger partial charge on any atom is -0.387 e. The topological polar surface area (TPSA) is 41.1 Å². The van der Waals surface area contributed by atoms with Gasteiger partial charge in [0.1, 0.15) is 0 Å². The van der Waals surface area contributed by atoms with Gasteiger partial charge < -0.3 is 10.6 Å². The highest BCUT2D eigenvalue weighted by atomic mass is 35.5. The fourth-order valence-corrected chi connectivity index (χ4v) is 2.17. The summed E-state index contributed by atoms with van der Waals surface area (Å²) in [6, 6.07) is 13.2. The second kappa shape index (κ2) is 6.44. The molecule has 0 saturated heterocycles. The van der Waals surface area contributed by atoms with Gasteiger partial charge in [-0.2, -0.15) is 0 Å². The molecule has 0 heterocycles. The molecule has 2 aromatic carbocycles. The zero-order valence-corrected chi connectivity index (χ0v) is 12.3. The molecule has 2 N–H and O–H groups in total. The predicted octanol–water partition coefficient (Wildman–Crippen LogP) is 3.62. The van der Waals surface area contributed by atoms with Crippen LogP contribution in [0.2, 0.25) is 5.02 Å². The summed E-state index contributed by atoms with van der Waals surface area (Å²) in [5.74, 6) is -0.139. The van der Waals surface area contributed by atoms with Crippen molar-refractivity contribution in [3.63, 3.8) is 0 Å². The standard InChI is InChI=1S/C16H17ClN2O/c1-11-5-3-4-6-12(11)10-19-16(20)14-9-13(17)7-8-15(14)18-2/h3-9,18H,10H2,1-2H3,(H,19,20). The first-order valence-electron chi connectivity index (χ1n) is 6.42. The second-order valence-corrected chi connectivity index (χ2v) is 4.99. The van der Waals surface area contributed by atoms with E-state index in [1.54, 1.807) is 25.2 Å². The second-order valence-electron chi connectivity index (χ2n) is 4.55. The molecule has 0 fully saturated rings. The summed E-state index contributed by atoms with van der Waals surface area (Å²) >= 11 is 5.95. The molecule has 2 aromatic rings. The maximum absolute atomic E-state index is 12.3. The van der Waals surface area contributed by atoms with Crippen LogP contribution in [0.15, 0.2) is 42.5 Å². The molecule has 0 unspecified atom stereocenters. The molecule has 0 saturated carbocycles. The van der Waals surface area contributed by atoms with Crippen molar-refractivity contribution in [2.24, 2.45) is 0 Å². The van der Waals surface area contributed by atoms with Crippen molar-refractivity contribution in [3.8, 4) is 0 Å². The van der Waals surface area contributed by atoms with E-state index in [9.17, 15) is 4.79 Å². The molecule has 0 aliphatic heterocycles. The number of hydrogen-bond acceptors (Lipinski definition) is 2. The number of anilines is 1. The largest absolute Gasteiger partial charge is 0.387 e. The van der Waals surface area contributed by atoms with Crippen LogP contribution in [-0.4, -0.2) is 13.0 Å². The van der Waals surface area contributed by atoms with Crippen LogP contribution in [0, 0.1) is 6.92 Å². The van der Waals surface area contributed by atoms with Gasteiger partial charge in [0.15, 0.2) is 0 Å². The summed E-state index contributed by atoms with van der Waals surface area (Å²) in [6.45, 7) is 2.53. The Morgan fingerprint density at radius 3 is 2.65 bits per heavy atom. The Morgan fingerprint density at radius 2 is 1.95 bits per heavy atom. The summed E-state index contributed by atoms with van der Waals surface area (Å²) in [7, 11) is 1.78. The van der Waals surface area contributed by atoms with Gasteiger partial charge in [-0.25, -0.2) is 0 Å². The Hall–Kier alpha value is -2.00. The van der Waals surface area contributed by atoms with Crippen molar-refractivity contribution in [1.82, 2.24) is 5.32 Å². The zero-order chi connectivity index (χ0) is 14.5. The molecule has 0 aliphatic rings. The minimum atomic E-state index is -0.139. The fraction of sp³-hybridized carbons (Fsp3) is 0.188. The smallest absolute Gasteiger partial charge is 0.253 e. The van der Waals surface area contributed by atoms with Gasteiger partial charge in [0.05, 0.1) is 5.56 Å². The number of nitrogens with one attached hydrogen (secondary N) is 2. The number of carbonyl (C=O) groups excluding carboxylic acids is 1. The SMILES string of the molecule is CNc1ccc(Cl)cc1C(=O)NCc1ccccc1C. The fourth-order valence-electron chi connectivity index (χ4n) is 2.00. The van der Waals surface area contributed by atoms with Crippen molar-refractivity contribution in [2.45, 2.75) is 13.5 Å². The number of benzene rings is 2. The third-order valence-corrected chi connectivity index (χ3v) is 3.43. The van der Waals surface area contributed by atoms with Gasteiger partial charge in [0, 0.05) is 24.3 Å². The third-order valence-electron chi connectivity index (χ3n) is 3.20. The number of aryl methyl sites for hydroxylation is 1. The number of carbonyl (C=O) groups is 1. The summed E-state index contributed by atoms with van der Waals surface area (Å²) in [5, 5.41) is 6.46. The number of hydrogen-bond donors (Lipinski definition) is 2. The summed E-state index contributed by atoms with van der Waals surface area (Å²) in [5.41, 5.74) is 3.58. The molecular formula is C16H17ClN2O. The first-order chi connectivity index (χ1) is 9.61. The van der Waals surface area contributed by atoms with Gasteiger partial charge in [-0.15, -0.1) is 0 Å². The zero-order valence-electron chi connectivity index (χ0n) is 11.5. The van der Waals surface area contributed by atoms with E-state index in [-0.39, 0.29) is 5.91 Å². The van der Waals surface area contributed by atoms with Crippen molar-refractivity contribution in [1.29, 1.82) is 0 Å². The molecule has 0 atom stereocenters. The normalized spacial score (nSPS) is 10.2. The van der Waals surface area contributed by atoms with Gasteiger partial charge in [-0.3, -0.25) is 4.79 Å². The molecule has 4 heteroatoms. The van der Waals surface area contributed by atoms with Gasteiger partial charge in [0.25, 0.3) is 5.91 Å². The molecule has 2 rings (SSSR count). The van der Waals surface area contributed by atoms with Crippen molar-refractivity contribution >= 4 is 23.2 Å². The van der Waals surface area contributed by atoms with E-state index in [4.69, 9.17) is 11.6 Å². The quantitative estimate of drug-likeness (QED) is 0.902. The first-order valence-corrected chi connectivity index (χ1v) is 6.79. The number of rotatable bonds is 4. The Balaban J connectivity index is 2.13. The lowest BCUT2D eigenvalue weighted by Crippen LogP contribution is -2.24. The Morgan fingerprint density at radius 1 is 1.20 bits per heavy atom. The van der Waals surface area contributed by atoms with Crippen LogP contribution in [0.1, 0.15) is 21.5 Å². The number of amides is 1. The maximum atomic E-state index is 12.3. The Labute approximate surface area is 124 Å². The van der Waals surface area contributed by atoms with E-state index in [1.807, 2.05) is 31.2 Å². The summed E-state index contributed by atoms with van der Waals surface area (Å²) in [6.07, 6.45) is 0. The lowest BCUT2D eigenvalue weighted by atomic mass is 10.1. The predicted molar refractivity (Wildman–Crippen MR) is 83.3 cm³/mol. The molecule has 0 aliphatic carbocycles. The molecule has 0 aromatic heterocycles. The molecule has 3 nitrogen and oxygen atoms in total. The highest BCUT2D eigenvalue weighted by molar-refractivity contribution is 6.31. The molecule has 20 heavy (non-hydrogen) atoms. The lowest BCUT2D eigenvalue weighted by molar-refractivity contribution is 0.0951. The first kappa shape index (κ1) is 14.4. The lowest BCUT2D eigenvalue weighted by Gasteiger charge is -2.11. The van der Waals surface area contributed by atoms with E-state index >= 15 is 0 Å². The monoisotopic (exact) mass is 288 g/mol. The maximum Gasteiger partial charge on any atom is 0.253 e. The van der Waals surface area contributed by atoms with Crippen LogP contribution in [-0.2, 0) is 6.54 Å². The van der Waals surface area contributed by atoms with Crippen LogP contribution in [0.4, 0.5) is 5.69 Å². The average Bonchev–Trinajstić information content (AvgIpc) is 2.46. The van der Waals surface area contributed by atoms with E-state index < -0.39 is 0 Å². The molecular weight excluding hydrogens is 272 g/mol. The molecule has 0 radical (unpaired) electrons. The van der Waals surface area contributed by atoms with Gasteiger partial charge in [-0.05, 0) is 36.2 Å². The third kappa shape index (κ3) is 3.31. The summed E-state index contributed by atoms with van der Waals surface area (Å²) in [4.78, 5) is 12.3. The van der Waals surface area contributed by atoms with E-state index in [1.165, 1.54) is 0 Å². The molecule has 1 amide bonds. The van der Waals surface area contributed by atoms with Crippen LogP contribution in [0.5, 0.6) is 0 Å². The van der Waals surface area contributed by atoms with Crippen LogP contribution in [0.3, 0.4) is 0 Å². The van der Waals surface area contributed by atoms with Crippen LogP contribution >= 0.6 is 11.6 Å². The highest BCUT2D eigenvalue weighted by Gasteiger charge is 2.11. The summed E-state index contributed by atoms with van der Waals surface area (Å²) < 4.78 is 0. The van der Waals surface area contributed by atoms with Crippen LogP contribution < -0.4 is 10.6 Å². The molecule has 0 bridgehead atoms. The molecule has 0 spiro atoms. The van der Waals surface area contributed by atoms with Crippen molar-refractivity contribution in [2.75, 3.05) is 12.4 Å². The van der Waals surface area contributed by atoms with Gasteiger partial charge in [-0.1, -0.05) is 35.9 Å². The highest BCUT2D eigenvalue weighted by Crippen LogP contribution is 2.20. The van der Waals surface area contributed by atoms with E-state index in [0.29, 0.717) is 17.1 Å².